The number of nitrogens with one attached hydrogen (secondary N) is 2. The number of anilines is 3. The summed E-state index contributed by atoms with van der Waals surface area (Å²) in [5, 5.41) is 10.3. The van der Waals surface area contributed by atoms with Gasteiger partial charge in [0.2, 0.25) is 5.95 Å². The van der Waals surface area contributed by atoms with Gasteiger partial charge in [0.15, 0.2) is 0 Å². The Bertz CT molecular complexity index is 1480. The third kappa shape index (κ3) is 4.88. The number of carbonyl (C=O) groups is 1. The molecule has 0 aliphatic heterocycles. The van der Waals surface area contributed by atoms with Crippen LogP contribution in [0.4, 0.5) is 17.3 Å². The van der Waals surface area contributed by atoms with E-state index in [0.717, 1.165) is 33.9 Å². The zero-order valence-corrected chi connectivity index (χ0v) is 19.2. The fourth-order valence-electron chi connectivity index (χ4n) is 3.56. The number of aromatic nitrogens is 6. The smallest absolute Gasteiger partial charge is 0.255 e. The number of benzene rings is 1. The molecular weight excluding hydrogens is 440 g/mol. The maximum Gasteiger partial charge on any atom is 0.255 e. The second-order valence-electron chi connectivity index (χ2n) is 7.89. The molecule has 1 amide bonds. The summed E-state index contributed by atoms with van der Waals surface area (Å²) in [5.74, 6) is 0.190. The molecule has 0 radical (unpaired) electrons. The van der Waals surface area contributed by atoms with Crippen LogP contribution in [0.1, 0.15) is 15.9 Å². The summed E-state index contributed by atoms with van der Waals surface area (Å²) in [5.41, 5.74) is 6.12. The molecule has 9 heteroatoms. The highest BCUT2D eigenvalue weighted by molar-refractivity contribution is 6.05. The number of rotatable bonds is 6. The topological polar surface area (TPSA) is 111 Å². The number of hydrogen-bond donors (Lipinski definition) is 2. The summed E-state index contributed by atoms with van der Waals surface area (Å²) >= 11 is 0. The first-order valence-electron chi connectivity index (χ1n) is 10.9. The van der Waals surface area contributed by atoms with E-state index in [1.807, 2.05) is 56.4 Å². The van der Waals surface area contributed by atoms with Crippen molar-refractivity contribution in [3.8, 4) is 22.6 Å². The lowest BCUT2D eigenvalue weighted by Crippen LogP contribution is -2.13. The lowest BCUT2D eigenvalue weighted by atomic mass is 10.1. The molecule has 0 spiro atoms. The second kappa shape index (κ2) is 9.52. The van der Waals surface area contributed by atoms with Gasteiger partial charge in [-0.2, -0.15) is 5.10 Å². The molecule has 5 aromatic rings. The SMILES string of the molecule is Cc1ccc(C(=O)Nc2ccc(-c3ccnn3C)nc2)cc1Nc1nccc(-c2cccnc2)n1. The van der Waals surface area contributed by atoms with E-state index in [0.29, 0.717) is 17.2 Å². The second-order valence-corrected chi connectivity index (χ2v) is 7.89. The molecule has 0 bridgehead atoms. The minimum Gasteiger partial charge on any atom is -0.324 e. The van der Waals surface area contributed by atoms with Crippen LogP contribution in [0.3, 0.4) is 0 Å². The molecule has 5 rings (SSSR count). The summed E-state index contributed by atoms with van der Waals surface area (Å²) in [6, 6.07) is 16.6. The Morgan fingerprint density at radius 3 is 2.57 bits per heavy atom. The van der Waals surface area contributed by atoms with E-state index in [2.05, 4.69) is 35.7 Å². The van der Waals surface area contributed by atoms with Crippen LogP contribution in [0, 0.1) is 6.92 Å². The van der Waals surface area contributed by atoms with Crippen molar-refractivity contribution >= 4 is 23.2 Å². The molecule has 0 unspecified atom stereocenters. The molecule has 0 fully saturated rings. The molecule has 4 aromatic heterocycles. The van der Waals surface area contributed by atoms with Gasteiger partial charge in [0.25, 0.3) is 5.91 Å². The maximum absolute atomic E-state index is 12.9. The normalized spacial score (nSPS) is 10.7. The number of pyridine rings is 2. The first-order valence-corrected chi connectivity index (χ1v) is 10.9. The number of aryl methyl sites for hydroxylation is 2. The van der Waals surface area contributed by atoms with E-state index in [1.165, 1.54) is 0 Å². The van der Waals surface area contributed by atoms with Gasteiger partial charge in [-0.3, -0.25) is 19.4 Å². The van der Waals surface area contributed by atoms with Crippen LogP contribution in [-0.2, 0) is 7.05 Å². The van der Waals surface area contributed by atoms with Gasteiger partial charge in [-0.05, 0) is 61.0 Å². The van der Waals surface area contributed by atoms with Crippen molar-refractivity contribution in [1.82, 2.24) is 29.7 Å². The van der Waals surface area contributed by atoms with E-state index in [1.54, 1.807) is 47.8 Å². The van der Waals surface area contributed by atoms with Crippen LogP contribution >= 0.6 is 0 Å². The monoisotopic (exact) mass is 462 g/mol. The van der Waals surface area contributed by atoms with Crippen molar-refractivity contribution in [2.45, 2.75) is 6.92 Å². The van der Waals surface area contributed by atoms with E-state index in [4.69, 9.17) is 0 Å². The molecule has 0 aliphatic rings. The van der Waals surface area contributed by atoms with Crippen molar-refractivity contribution in [2.24, 2.45) is 7.05 Å². The van der Waals surface area contributed by atoms with Crippen molar-refractivity contribution in [3.05, 3.63) is 96.7 Å². The van der Waals surface area contributed by atoms with Gasteiger partial charge in [-0.1, -0.05) is 6.07 Å². The maximum atomic E-state index is 12.9. The third-order valence-electron chi connectivity index (χ3n) is 5.46. The minimum absolute atomic E-state index is 0.242. The zero-order valence-electron chi connectivity index (χ0n) is 19.2. The lowest BCUT2D eigenvalue weighted by Gasteiger charge is -2.12. The number of carbonyl (C=O) groups excluding carboxylic acids is 1. The van der Waals surface area contributed by atoms with Crippen molar-refractivity contribution in [3.63, 3.8) is 0 Å². The molecule has 35 heavy (non-hydrogen) atoms. The van der Waals surface area contributed by atoms with Crippen LogP contribution in [-0.4, -0.2) is 35.6 Å². The van der Waals surface area contributed by atoms with Crippen LogP contribution in [0.25, 0.3) is 22.6 Å². The Kier molecular flexibility index (Phi) is 5.96. The first kappa shape index (κ1) is 21.9. The molecule has 0 atom stereocenters. The number of nitrogens with zero attached hydrogens (tertiary/aromatic N) is 6. The molecule has 172 valence electrons. The average Bonchev–Trinajstić information content (AvgIpc) is 3.32. The van der Waals surface area contributed by atoms with E-state index in [-0.39, 0.29) is 5.91 Å². The molecule has 0 aliphatic carbocycles. The Labute approximate surface area is 202 Å². The summed E-state index contributed by atoms with van der Waals surface area (Å²) in [6.07, 6.45) is 8.50. The van der Waals surface area contributed by atoms with Crippen molar-refractivity contribution in [1.29, 1.82) is 0 Å². The highest BCUT2D eigenvalue weighted by atomic mass is 16.1. The van der Waals surface area contributed by atoms with Crippen LogP contribution in [0.5, 0.6) is 0 Å². The molecule has 0 saturated heterocycles. The quantitative estimate of drug-likeness (QED) is 0.378. The average molecular weight is 463 g/mol. The van der Waals surface area contributed by atoms with Gasteiger partial charge in [0.05, 0.1) is 29.0 Å². The Balaban J connectivity index is 1.32. The summed E-state index contributed by atoms with van der Waals surface area (Å²) < 4.78 is 1.75. The molecule has 4 heterocycles. The van der Waals surface area contributed by atoms with Crippen molar-refractivity contribution in [2.75, 3.05) is 10.6 Å². The molecular formula is C26H22N8O. The number of hydrogen-bond acceptors (Lipinski definition) is 7. The van der Waals surface area contributed by atoms with Gasteiger partial charge in [-0.15, -0.1) is 0 Å². The zero-order chi connectivity index (χ0) is 24.2. The van der Waals surface area contributed by atoms with Crippen LogP contribution < -0.4 is 10.6 Å². The van der Waals surface area contributed by atoms with Crippen LogP contribution in [0.15, 0.2) is 85.6 Å². The largest absolute Gasteiger partial charge is 0.324 e. The van der Waals surface area contributed by atoms with Crippen LogP contribution in [0.2, 0.25) is 0 Å². The van der Waals surface area contributed by atoms with E-state index >= 15 is 0 Å². The van der Waals surface area contributed by atoms with Gasteiger partial charge >= 0.3 is 0 Å². The van der Waals surface area contributed by atoms with Crippen molar-refractivity contribution < 1.29 is 4.79 Å². The number of amides is 1. The fraction of sp³-hybridized carbons (Fsp3) is 0.0769. The highest BCUT2D eigenvalue weighted by Gasteiger charge is 2.11. The lowest BCUT2D eigenvalue weighted by molar-refractivity contribution is 0.102. The Hall–Kier alpha value is -4.92. The van der Waals surface area contributed by atoms with E-state index < -0.39 is 0 Å². The van der Waals surface area contributed by atoms with E-state index in [9.17, 15) is 4.79 Å². The van der Waals surface area contributed by atoms with Gasteiger partial charge in [0.1, 0.15) is 0 Å². The molecule has 0 saturated carbocycles. The summed E-state index contributed by atoms with van der Waals surface area (Å²) in [6.45, 7) is 1.95. The van der Waals surface area contributed by atoms with Gasteiger partial charge in [-0.25, -0.2) is 9.97 Å². The molecule has 9 nitrogen and oxygen atoms in total. The third-order valence-corrected chi connectivity index (χ3v) is 5.46. The minimum atomic E-state index is -0.242. The Morgan fingerprint density at radius 1 is 0.914 bits per heavy atom. The predicted molar refractivity (Wildman–Crippen MR) is 134 cm³/mol. The first-order chi connectivity index (χ1) is 17.1. The Morgan fingerprint density at radius 2 is 1.83 bits per heavy atom. The van der Waals surface area contributed by atoms with Gasteiger partial charge in [0, 0.05) is 48.6 Å². The van der Waals surface area contributed by atoms with Gasteiger partial charge < -0.3 is 10.6 Å². The predicted octanol–water partition coefficient (Wildman–Crippen LogP) is 4.64. The highest BCUT2D eigenvalue weighted by Crippen LogP contribution is 2.23. The summed E-state index contributed by atoms with van der Waals surface area (Å²) in [7, 11) is 1.86. The standard InChI is InChI=1S/C26H22N8O/c1-17-5-6-18(25(35)31-20-7-8-22(29-16-20)24-10-13-30-34(24)2)14-23(17)33-26-28-12-9-21(32-26)19-4-3-11-27-15-19/h3-16H,1-2H3,(H,31,35)(H,28,32,33). The fourth-order valence-corrected chi connectivity index (χ4v) is 3.56. The summed E-state index contributed by atoms with van der Waals surface area (Å²) in [4.78, 5) is 30.4. The molecule has 1 aromatic carbocycles. The molecule has 2 N–H and O–H groups in total.